The van der Waals surface area contributed by atoms with Crippen LogP contribution in [0.2, 0.25) is 5.02 Å². The maximum absolute atomic E-state index is 14.3. The second-order valence-electron chi connectivity index (χ2n) is 12.1. The summed E-state index contributed by atoms with van der Waals surface area (Å²) in [7, 11) is 0. The van der Waals surface area contributed by atoms with E-state index in [1.807, 2.05) is 34.0 Å². The first-order valence-electron chi connectivity index (χ1n) is 14.1. The fourth-order valence-corrected chi connectivity index (χ4v) is 8.44. The molecule has 0 unspecified atom stereocenters. The standard InChI is InChI=1S/C31H34ClFN4O/c32-27-7-4-8-28(33)25(27)19-35-9-11-36(12-10-35)30(38)26-20-37(24-5-2-1-3-6-24)34-29(26)31-16-21-13-22(17-31)15-23(14-21)18-31/h1-8,20-23H,9-19H2. The molecule has 5 fully saturated rings. The molecule has 4 aliphatic carbocycles. The summed E-state index contributed by atoms with van der Waals surface area (Å²) >= 11 is 6.27. The van der Waals surface area contributed by atoms with Gasteiger partial charge in [-0.25, -0.2) is 9.07 Å². The summed E-state index contributed by atoms with van der Waals surface area (Å²) in [6, 6.07) is 15.0. The van der Waals surface area contributed by atoms with Crippen LogP contribution in [0.25, 0.3) is 5.69 Å². The van der Waals surface area contributed by atoms with E-state index in [4.69, 9.17) is 16.7 Å². The van der Waals surface area contributed by atoms with Gasteiger partial charge in [0.05, 0.1) is 16.9 Å². The highest BCUT2D eigenvalue weighted by atomic mass is 35.5. The molecule has 5 aliphatic rings. The number of piperazine rings is 1. The molecule has 1 amide bonds. The summed E-state index contributed by atoms with van der Waals surface area (Å²) in [5.74, 6) is 2.14. The van der Waals surface area contributed by atoms with Crippen LogP contribution in [-0.2, 0) is 12.0 Å². The third-order valence-electron chi connectivity index (χ3n) is 9.61. The Hall–Kier alpha value is -2.70. The third-order valence-corrected chi connectivity index (χ3v) is 9.96. The van der Waals surface area contributed by atoms with Crippen molar-refractivity contribution < 1.29 is 9.18 Å². The van der Waals surface area contributed by atoms with Crippen LogP contribution in [0.5, 0.6) is 0 Å². The zero-order valence-electron chi connectivity index (χ0n) is 21.7. The van der Waals surface area contributed by atoms with E-state index in [-0.39, 0.29) is 17.1 Å². The Balaban J connectivity index is 1.15. The molecule has 3 aromatic rings. The molecule has 38 heavy (non-hydrogen) atoms. The molecular weight excluding hydrogens is 499 g/mol. The van der Waals surface area contributed by atoms with Gasteiger partial charge in [0.25, 0.3) is 5.91 Å². The fraction of sp³-hybridized carbons (Fsp3) is 0.484. The van der Waals surface area contributed by atoms with Crippen LogP contribution >= 0.6 is 11.6 Å². The molecular formula is C31H34ClFN4O. The number of hydrogen-bond donors (Lipinski definition) is 0. The number of halogens is 2. The van der Waals surface area contributed by atoms with Crippen LogP contribution in [0.15, 0.2) is 54.7 Å². The minimum absolute atomic E-state index is 0.0309. The Morgan fingerprint density at radius 3 is 2.21 bits per heavy atom. The molecule has 2 aromatic carbocycles. The van der Waals surface area contributed by atoms with Gasteiger partial charge in [-0.2, -0.15) is 5.10 Å². The lowest BCUT2D eigenvalue weighted by Gasteiger charge is -2.56. The number of carbonyl (C=O) groups excluding carboxylic acids is 1. The molecule has 4 bridgehead atoms. The fourth-order valence-electron chi connectivity index (χ4n) is 8.22. The van der Waals surface area contributed by atoms with Gasteiger partial charge < -0.3 is 4.90 Å². The van der Waals surface area contributed by atoms with Crippen molar-refractivity contribution in [2.75, 3.05) is 26.2 Å². The van der Waals surface area contributed by atoms with E-state index in [1.165, 1.54) is 44.6 Å². The van der Waals surface area contributed by atoms with Crippen LogP contribution in [0.1, 0.15) is 60.1 Å². The summed E-state index contributed by atoms with van der Waals surface area (Å²) in [6.07, 6.45) is 9.56. The lowest BCUT2D eigenvalue weighted by molar-refractivity contribution is -0.00793. The van der Waals surface area contributed by atoms with Gasteiger partial charge in [-0.15, -0.1) is 0 Å². The molecule has 7 heteroatoms. The Bertz CT molecular complexity index is 1290. The Morgan fingerprint density at radius 1 is 0.921 bits per heavy atom. The number of amides is 1. The summed E-state index contributed by atoms with van der Waals surface area (Å²) in [4.78, 5) is 18.3. The van der Waals surface area contributed by atoms with Crippen molar-refractivity contribution in [3.63, 3.8) is 0 Å². The first-order chi connectivity index (χ1) is 18.5. The zero-order chi connectivity index (χ0) is 25.9. The average Bonchev–Trinajstić information content (AvgIpc) is 3.37. The van der Waals surface area contributed by atoms with Crippen LogP contribution in [-0.4, -0.2) is 51.7 Å². The quantitative estimate of drug-likeness (QED) is 0.399. The molecule has 1 aromatic heterocycles. The summed E-state index contributed by atoms with van der Waals surface area (Å²) < 4.78 is 16.3. The van der Waals surface area contributed by atoms with Gasteiger partial charge in [-0.1, -0.05) is 35.9 Å². The number of benzene rings is 2. The van der Waals surface area contributed by atoms with Crippen molar-refractivity contribution in [1.29, 1.82) is 0 Å². The Morgan fingerprint density at radius 2 is 1.58 bits per heavy atom. The molecule has 1 aliphatic heterocycles. The summed E-state index contributed by atoms with van der Waals surface area (Å²) in [6.45, 7) is 3.06. The van der Waals surface area contributed by atoms with Crippen LogP contribution in [0.3, 0.4) is 0 Å². The van der Waals surface area contributed by atoms with Crippen LogP contribution in [0, 0.1) is 23.6 Å². The van der Waals surface area contributed by atoms with Crippen molar-refractivity contribution in [3.05, 3.63) is 82.4 Å². The number of hydrogen-bond acceptors (Lipinski definition) is 3. The Labute approximate surface area is 228 Å². The number of aromatic nitrogens is 2. The van der Waals surface area contributed by atoms with Crippen LogP contribution < -0.4 is 0 Å². The normalized spacial score (nSPS) is 28.7. The predicted molar refractivity (Wildman–Crippen MR) is 146 cm³/mol. The van der Waals surface area contributed by atoms with Gasteiger partial charge in [-0.05, 0) is 80.5 Å². The molecule has 0 spiro atoms. The van der Waals surface area contributed by atoms with E-state index in [2.05, 4.69) is 17.0 Å². The number of nitrogens with zero attached hydrogens (tertiary/aromatic N) is 4. The van der Waals surface area contributed by atoms with Gasteiger partial charge >= 0.3 is 0 Å². The van der Waals surface area contributed by atoms with Gasteiger partial charge in [0.1, 0.15) is 5.82 Å². The number of rotatable bonds is 5. The van der Waals surface area contributed by atoms with Gasteiger partial charge in [-0.3, -0.25) is 9.69 Å². The first-order valence-corrected chi connectivity index (χ1v) is 14.5. The molecule has 1 saturated heterocycles. The van der Waals surface area contributed by atoms with E-state index < -0.39 is 0 Å². The molecule has 2 heterocycles. The molecule has 198 valence electrons. The van der Waals surface area contributed by atoms with Crippen molar-refractivity contribution in [2.24, 2.45) is 17.8 Å². The monoisotopic (exact) mass is 532 g/mol. The summed E-state index contributed by atoms with van der Waals surface area (Å²) in [5.41, 5.74) is 3.36. The first kappa shape index (κ1) is 24.3. The van der Waals surface area contributed by atoms with Gasteiger partial charge in [0, 0.05) is 54.9 Å². The van der Waals surface area contributed by atoms with Crippen molar-refractivity contribution in [2.45, 2.75) is 50.5 Å². The van der Waals surface area contributed by atoms with E-state index in [9.17, 15) is 9.18 Å². The maximum Gasteiger partial charge on any atom is 0.257 e. The molecule has 0 atom stereocenters. The van der Waals surface area contributed by atoms with E-state index in [0.717, 1.165) is 34.7 Å². The topological polar surface area (TPSA) is 41.4 Å². The van der Waals surface area contributed by atoms with E-state index in [1.54, 1.807) is 12.1 Å². The SMILES string of the molecule is O=C(c1cn(-c2ccccc2)nc1C12CC3CC(CC(C3)C1)C2)N1CCN(Cc2c(F)cccc2Cl)CC1. The van der Waals surface area contributed by atoms with E-state index in [0.29, 0.717) is 43.3 Å². The third kappa shape index (κ3) is 4.26. The molecule has 5 nitrogen and oxygen atoms in total. The van der Waals surface area contributed by atoms with Crippen molar-refractivity contribution in [3.8, 4) is 5.69 Å². The minimum Gasteiger partial charge on any atom is -0.336 e. The second-order valence-corrected chi connectivity index (χ2v) is 12.5. The lowest BCUT2D eigenvalue weighted by Crippen LogP contribution is -2.51. The summed E-state index contributed by atoms with van der Waals surface area (Å²) in [5, 5.41) is 5.63. The lowest BCUT2D eigenvalue weighted by atomic mass is 9.48. The molecule has 8 rings (SSSR count). The zero-order valence-corrected chi connectivity index (χ0v) is 22.4. The van der Waals surface area contributed by atoms with Gasteiger partial charge in [0.2, 0.25) is 0 Å². The van der Waals surface area contributed by atoms with Gasteiger partial charge in [0.15, 0.2) is 0 Å². The highest BCUT2D eigenvalue weighted by Gasteiger charge is 2.54. The van der Waals surface area contributed by atoms with E-state index >= 15 is 0 Å². The Kier molecular flexibility index (Phi) is 6.08. The smallest absolute Gasteiger partial charge is 0.257 e. The highest BCUT2D eigenvalue weighted by molar-refractivity contribution is 6.31. The molecule has 4 saturated carbocycles. The molecule has 0 N–H and O–H groups in total. The average molecular weight is 533 g/mol. The highest BCUT2D eigenvalue weighted by Crippen LogP contribution is 2.61. The second kappa shape index (κ2) is 9.49. The van der Waals surface area contributed by atoms with Crippen LogP contribution in [0.4, 0.5) is 4.39 Å². The largest absolute Gasteiger partial charge is 0.336 e. The predicted octanol–water partition coefficient (Wildman–Crippen LogP) is 6.09. The minimum atomic E-state index is -0.274. The number of carbonyl (C=O) groups is 1. The number of para-hydroxylation sites is 1. The molecule has 0 radical (unpaired) electrons. The van der Waals surface area contributed by atoms with Crippen molar-refractivity contribution in [1.82, 2.24) is 19.6 Å². The van der Waals surface area contributed by atoms with Crippen molar-refractivity contribution >= 4 is 17.5 Å². The maximum atomic E-state index is 14.3.